The van der Waals surface area contributed by atoms with E-state index in [1.807, 2.05) is 42.5 Å². The second kappa shape index (κ2) is 10.2. The average Bonchev–Trinajstić information content (AvgIpc) is 3.72. The van der Waals surface area contributed by atoms with Gasteiger partial charge < -0.3 is 13.7 Å². The van der Waals surface area contributed by atoms with E-state index in [-0.39, 0.29) is 0 Å². The number of furan rings is 1. The highest BCUT2D eigenvalue weighted by Gasteiger charge is 2.20. The second-order valence-electron chi connectivity index (χ2n) is 11.2. The van der Waals surface area contributed by atoms with Crippen molar-refractivity contribution in [1.82, 2.24) is 4.98 Å². The van der Waals surface area contributed by atoms with Gasteiger partial charge in [0.2, 0.25) is 5.89 Å². The summed E-state index contributed by atoms with van der Waals surface area (Å²) in [5.74, 6) is 0.580. The van der Waals surface area contributed by atoms with Crippen molar-refractivity contribution in [2.75, 3.05) is 4.90 Å². The smallest absolute Gasteiger partial charge is 0.228 e. The molecule has 0 spiro atoms. The van der Waals surface area contributed by atoms with Crippen molar-refractivity contribution in [2.45, 2.75) is 0 Å². The summed E-state index contributed by atoms with van der Waals surface area (Å²) in [7, 11) is 0. The van der Waals surface area contributed by atoms with Gasteiger partial charge in [0.05, 0.1) is 0 Å². The molecule has 212 valence electrons. The molecule has 9 aromatic rings. The van der Waals surface area contributed by atoms with Gasteiger partial charge in [0.15, 0.2) is 5.58 Å². The number of aromatic nitrogens is 1. The maximum absolute atomic E-state index is 6.39. The lowest BCUT2D eigenvalue weighted by Crippen LogP contribution is -2.09. The molecule has 0 aliphatic rings. The third-order valence-electron chi connectivity index (χ3n) is 8.50. The fourth-order valence-electron chi connectivity index (χ4n) is 6.37. The third kappa shape index (κ3) is 4.27. The zero-order valence-electron chi connectivity index (χ0n) is 24.2. The first-order valence-electron chi connectivity index (χ1n) is 15.0. The zero-order valence-corrected chi connectivity index (χ0v) is 24.2. The van der Waals surface area contributed by atoms with Gasteiger partial charge in [0.1, 0.15) is 16.7 Å². The van der Waals surface area contributed by atoms with E-state index in [0.717, 1.165) is 66.4 Å². The lowest BCUT2D eigenvalue weighted by molar-refractivity contribution is 0.620. The minimum absolute atomic E-state index is 0.580. The van der Waals surface area contributed by atoms with E-state index in [4.69, 9.17) is 13.8 Å². The molecule has 4 heteroatoms. The van der Waals surface area contributed by atoms with Crippen molar-refractivity contribution in [3.63, 3.8) is 0 Å². The van der Waals surface area contributed by atoms with Crippen molar-refractivity contribution >= 4 is 60.9 Å². The summed E-state index contributed by atoms with van der Waals surface area (Å²) in [5.41, 5.74) is 9.69. The molecule has 0 atom stereocenters. The zero-order chi connectivity index (χ0) is 29.7. The highest BCUT2D eigenvalue weighted by atomic mass is 16.3. The number of nitrogens with zero attached hydrogens (tertiary/aromatic N) is 2. The first-order valence-corrected chi connectivity index (χ1v) is 15.0. The molecule has 45 heavy (non-hydrogen) atoms. The molecule has 4 nitrogen and oxygen atoms in total. The molecular weight excluding hydrogens is 552 g/mol. The van der Waals surface area contributed by atoms with E-state index in [1.54, 1.807) is 0 Å². The van der Waals surface area contributed by atoms with Crippen LogP contribution in [0.15, 0.2) is 167 Å². The molecule has 0 bridgehead atoms. The third-order valence-corrected chi connectivity index (χ3v) is 8.50. The van der Waals surface area contributed by atoms with Crippen LogP contribution in [0.25, 0.3) is 66.4 Å². The van der Waals surface area contributed by atoms with Crippen LogP contribution < -0.4 is 4.90 Å². The molecule has 0 amide bonds. The molecule has 2 aromatic heterocycles. The molecule has 0 saturated carbocycles. The summed E-state index contributed by atoms with van der Waals surface area (Å²) in [6, 6.07) is 54.5. The van der Waals surface area contributed by atoms with Crippen molar-refractivity contribution in [3.8, 4) is 22.6 Å². The average molecular weight is 579 g/mol. The standard InChI is InChI=1S/C41H26N2O2/c1-3-10-27(11-4-1)28-18-21-31(22-19-28)43(30-13-5-2-6-14-30)32-23-25-36-35(26-32)39-34(16-9-17-37(39)44-36)41-42-40-33-15-8-7-12-29(33)20-24-38(40)45-41/h1-26H. The molecule has 0 N–H and O–H groups in total. The predicted octanol–water partition coefficient (Wildman–Crippen LogP) is 11.7. The van der Waals surface area contributed by atoms with Crippen LogP contribution in [0.4, 0.5) is 17.1 Å². The van der Waals surface area contributed by atoms with Gasteiger partial charge in [0, 0.05) is 38.8 Å². The van der Waals surface area contributed by atoms with E-state index >= 15 is 0 Å². The number of benzene rings is 7. The van der Waals surface area contributed by atoms with Crippen molar-refractivity contribution in [3.05, 3.63) is 158 Å². The Bertz CT molecular complexity index is 2480. The van der Waals surface area contributed by atoms with Gasteiger partial charge in [-0.3, -0.25) is 0 Å². The highest BCUT2D eigenvalue weighted by Crippen LogP contribution is 2.42. The van der Waals surface area contributed by atoms with Gasteiger partial charge in [0.25, 0.3) is 0 Å². The molecule has 7 aromatic carbocycles. The molecule has 0 aliphatic carbocycles. The first-order chi connectivity index (χ1) is 22.3. The van der Waals surface area contributed by atoms with Crippen molar-refractivity contribution < 1.29 is 8.83 Å². The van der Waals surface area contributed by atoms with Gasteiger partial charge in [-0.05, 0) is 77.2 Å². The minimum atomic E-state index is 0.580. The largest absolute Gasteiger partial charge is 0.456 e. The lowest BCUT2D eigenvalue weighted by Gasteiger charge is -2.25. The Hall–Kier alpha value is -6.13. The van der Waals surface area contributed by atoms with Gasteiger partial charge in [-0.2, -0.15) is 0 Å². The van der Waals surface area contributed by atoms with Gasteiger partial charge in [-0.15, -0.1) is 0 Å². The first kappa shape index (κ1) is 25.4. The van der Waals surface area contributed by atoms with Crippen LogP contribution in [0.3, 0.4) is 0 Å². The van der Waals surface area contributed by atoms with Crippen LogP contribution >= 0.6 is 0 Å². The Morgan fingerprint density at radius 2 is 1.13 bits per heavy atom. The molecule has 0 fully saturated rings. The fourth-order valence-corrected chi connectivity index (χ4v) is 6.37. The number of rotatable bonds is 5. The maximum Gasteiger partial charge on any atom is 0.228 e. The molecular formula is C41H26N2O2. The minimum Gasteiger partial charge on any atom is -0.456 e. The number of hydrogen-bond acceptors (Lipinski definition) is 4. The summed E-state index contributed by atoms with van der Waals surface area (Å²) in [5, 5.41) is 4.21. The summed E-state index contributed by atoms with van der Waals surface area (Å²) in [6.07, 6.45) is 0. The van der Waals surface area contributed by atoms with Crippen LogP contribution in [0.2, 0.25) is 0 Å². The summed E-state index contributed by atoms with van der Waals surface area (Å²) in [4.78, 5) is 7.29. The van der Waals surface area contributed by atoms with Gasteiger partial charge in [-0.1, -0.05) is 97.1 Å². The Labute approximate surface area is 259 Å². The molecule has 0 unspecified atom stereocenters. The molecule has 9 rings (SSSR count). The lowest BCUT2D eigenvalue weighted by atomic mass is 10.0. The Kier molecular flexibility index (Phi) is 5.78. The van der Waals surface area contributed by atoms with Gasteiger partial charge >= 0.3 is 0 Å². The van der Waals surface area contributed by atoms with Crippen LogP contribution in [0.5, 0.6) is 0 Å². The number of para-hydroxylation sites is 1. The second-order valence-corrected chi connectivity index (χ2v) is 11.2. The normalized spacial score (nSPS) is 11.6. The van der Waals surface area contributed by atoms with Crippen LogP contribution in [-0.2, 0) is 0 Å². The number of hydrogen-bond donors (Lipinski definition) is 0. The molecule has 0 radical (unpaired) electrons. The Morgan fingerprint density at radius 3 is 1.98 bits per heavy atom. The van der Waals surface area contributed by atoms with E-state index < -0.39 is 0 Å². The number of oxazole rings is 1. The van der Waals surface area contributed by atoms with E-state index in [1.165, 1.54) is 11.1 Å². The molecule has 0 saturated heterocycles. The van der Waals surface area contributed by atoms with Crippen molar-refractivity contribution in [1.29, 1.82) is 0 Å². The van der Waals surface area contributed by atoms with Crippen LogP contribution in [0, 0.1) is 0 Å². The summed E-state index contributed by atoms with van der Waals surface area (Å²) < 4.78 is 12.8. The summed E-state index contributed by atoms with van der Waals surface area (Å²) >= 11 is 0. The van der Waals surface area contributed by atoms with Crippen LogP contribution in [0.1, 0.15) is 0 Å². The highest BCUT2D eigenvalue weighted by molar-refractivity contribution is 6.13. The quantitative estimate of drug-likeness (QED) is 0.204. The number of anilines is 3. The number of fused-ring (bicyclic) bond motifs is 6. The Morgan fingerprint density at radius 1 is 0.444 bits per heavy atom. The van der Waals surface area contributed by atoms with E-state index in [9.17, 15) is 0 Å². The van der Waals surface area contributed by atoms with Gasteiger partial charge in [-0.25, -0.2) is 4.98 Å². The SMILES string of the molecule is c1ccc(-c2ccc(N(c3ccccc3)c3ccc4oc5cccc(-c6nc7c(ccc8ccccc87)o6)c5c4c3)cc2)cc1. The maximum atomic E-state index is 6.39. The summed E-state index contributed by atoms with van der Waals surface area (Å²) in [6.45, 7) is 0. The molecule has 2 heterocycles. The van der Waals surface area contributed by atoms with E-state index in [2.05, 4.69) is 120 Å². The van der Waals surface area contributed by atoms with Crippen LogP contribution in [-0.4, -0.2) is 4.98 Å². The topological polar surface area (TPSA) is 42.4 Å². The molecule has 0 aliphatic heterocycles. The van der Waals surface area contributed by atoms with Crippen molar-refractivity contribution in [2.24, 2.45) is 0 Å². The Balaban J connectivity index is 1.21. The monoisotopic (exact) mass is 578 g/mol. The predicted molar refractivity (Wildman–Crippen MR) is 184 cm³/mol. The van der Waals surface area contributed by atoms with E-state index in [0.29, 0.717) is 5.89 Å². The fraction of sp³-hybridized carbons (Fsp3) is 0.